The molecule has 1 atom stereocenters. The quantitative estimate of drug-likeness (QED) is 0.0520. The number of halogens is 10. The lowest BCUT2D eigenvalue weighted by atomic mass is 10.1. The summed E-state index contributed by atoms with van der Waals surface area (Å²) in [6.45, 7) is -3.14. The fourth-order valence-corrected chi connectivity index (χ4v) is 6.03. The minimum absolute atomic E-state index is 0.197. The second kappa shape index (κ2) is 17.2. The van der Waals surface area contributed by atoms with Crippen LogP contribution in [0.15, 0.2) is 83.8 Å². The first kappa shape index (κ1) is 40.4. The number of likely N-dealkylation sites (N-methyl/N-ethyl adjacent to an activating group) is 1. The Kier molecular flexibility index (Phi) is 12.6. The highest BCUT2D eigenvalue weighted by molar-refractivity contribution is 7.82. The average molecular weight is 799 g/mol. The summed E-state index contributed by atoms with van der Waals surface area (Å²) in [5.41, 5.74) is -1.04. The molecular weight excluding hydrogens is 774 g/mol. The molecule has 288 valence electrons. The number of anilines is 1. The summed E-state index contributed by atoms with van der Waals surface area (Å²) in [7, 11) is -2.57. The molecular formula is C37H24F10N2O5S. The van der Waals surface area contributed by atoms with Gasteiger partial charge in [-0.2, -0.15) is 0 Å². The van der Waals surface area contributed by atoms with Crippen LogP contribution in [0.4, 0.5) is 49.6 Å². The van der Waals surface area contributed by atoms with Crippen LogP contribution in [0.3, 0.4) is 0 Å². The Hall–Kier alpha value is -5.75. The second-order valence-corrected chi connectivity index (χ2v) is 13.0. The molecule has 55 heavy (non-hydrogen) atoms. The van der Waals surface area contributed by atoms with E-state index in [0.29, 0.717) is 16.0 Å². The van der Waals surface area contributed by atoms with Crippen molar-refractivity contribution < 1.29 is 67.2 Å². The maximum Gasteiger partial charge on any atom is 0.342 e. The van der Waals surface area contributed by atoms with Gasteiger partial charge in [-0.25, -0.2) is 57.2 Å². The Labute approximate surface area is 307 Å². The van der Waals surface area contributed by atoms with E-state index in [1.165, 1.54) is 0 Å². The van der Waals surface area contributed by atoms with Gasteiger partial charge in [-0.15, -0.1) is 0 Å². The lowest BCUT2D eigenvalue weighted by Crippen LogP contribution is -2.40. The zero-order valence-electron chi connectivity index (χ0n) is 28.0. The van der Waals surface area contributed by atoms with E-state index < -0.39 is 110 Å². The molecule has 0 bridgehead atoms. The van der Waals surface area contributed by atoms with E-state index in [9.17, 15) is 57.7 Å². The third kappa shape index (κ3) is 8.65. The first-order chi connectivity index (χ1) is 26.1. The molecule has 0 aliphatic heterocycles. The minimum Gasteiger partial charge on any atom is -0.488 e. The van der Waals surface area contributed by atoms with E-state index in [0.717, 1.165) is 25.2 Å². The van der Waals surface area contributed by atoms with Gasteiger partial charge in [0.2, 0.25) is 17.5 Å². The summed E-state index contributed by atoms with van der Waals surface area (Å²) in [4.78, 5) is 25.6. The molecule has 0 radical (unpaired) electrons. The molecule has 0 N–H and O–H groups in total. The van der Waals surface area contributed by atoms with Gasteiger partial charge < -0.3 is 14.4 Å². The molecule has 5 rings (SSSR count). The van der Waals surface area contributed by atoms with Gasteiger partial charge in [0.05, 0.1) is 13.1 Å². The molecule has 0 aliphatic rings. The van der Waals surface area contributed by atoms with E-state index in [1.54, 1.807) is 60.7 Å². The highest BCUT2D eigenvalue weighted by Gasteiger charge is 2.34. The Morgan fingerprint density at radius 1 is 0.618 bits per heavy atom. The number of hydrogen-bond donors (Lipinski definition) is 0. The van der Waals surface area contributed by atoms with Gasteiger partial charge in [0, 0.05) is 24.4 Å². The van der Waals surface area contributed by atoms with E-state index in [-0.39, 0.29) is 28.8 Å². The van der Waals surface area contributed by atoms with Crippen LogP contribution < -0.4 is 9.64 Å². The number of carbonyl (C=O) groups excluding carboxylic acids is 2. The summed E-state index contributed by atoms with van der Waals surface area (Å²) in [6, 6.07) is 19.8. The summed E-state index contributed by atoms with van der Waals surface area (Å²) in [5.74, 6) is -27.0. The van der Waals surface area contributed by atoms with Gasteiger partial charge in [-0.05, 0) is 23.3 Å². The number of amides is 1. The molecule has 0 fully saturated rings. The van der Waals surface area contributed by atoms with Crippen molar-refractivity contribution in [3.63, 3.8) is 0 Å². The fourth-order valence-electron chi connectivity index (χ4n) is 5.00. The fraction of sp³-hybridized carbons (Fsp3) is 0.135. The van der Waals surface area contributed by atoms with Crippen molar-refractivity contribution in [3.05, 3.63) is 159 Å². The van der Waals surface area contributed by atoms with Gasteiger partial charge in [0.25, 0.3) is 0 Å². The number of esters is 1. The van der Waals surface area contributed by atoms with Crippen LogP contribution in [0.1, 0.15) is 27.0 Å². The third-order valence-electron chi connectivity index (χ3n) is 7.85. The van der Waals surface area contributed by atoms with Crippen LogP contribution in [0, 0.1) is 58.2 Å². The highest BCUT2D eigenvalue weighted by Crippen LogP contribution is 2.32. The number of rotatable bonds is 13. The second-order valence-electron chi connectivity index (χ2n) is 11.5. The van der Waals surface area contributed by atoms with Crippen molar-refractivity contribution >= 4 is 28.5 Å². The zero-order valence-corrected chi connectivity index (χ0v) is 28.8. The first-order valence-corrected chi connectivity index (χ1v) is 16.7. The van der Waals surface area contributed by atoms with Gasteiger partial charge in [-0.1, -0.05) is 60.7 Å². The maximum absolute atomic E-state index is 14.9. The molecule has 5 aromatic rings. The zero-order chi connectivity index (χ0) is 40.1. The monoisotopic (exact) mass is 798 g/mol. The minimum atomic E-state index is -3.31. The molecule has 0 saturated carbocycles. The van der Waals surface area contributed by atoms with E-state index in [4.69, 9.17) is 9.47 Å². The van der Waals surface area contributed by atoms with Crippen molar-refractivity contribution in [2.45, 2.75) is 24.7 Å². The molecule has 7 nitrogen and oxygen atoms in total. The van der Waals surface area contributed by atoms with Crippen molar-refractivity contribution in [2.24, 2.45) is 0 Å². The predicted molar refractivity (Wildman–Crippen MR) is 175 cm³/mol. The lowest BCUT2D eigenvalue weighted by molar-refractivity contribution is -0.118. The molecule has 1 unspecified atom stereocenters. The molecule has 0 heterocycles. The van der Waals surface area contributed by atoms with Crippen LogP contribution in [-0.4, -0.2) is 34.0 Å². The number of ether oxygens (including phenoxy) is 2. The summed E-state index contributed by atoms with van der Waals surface area (Å²) < 4.78 is 167. The summed E-state index contributed by atoms with van der Waals surface area (Å²) in [5, 5.41) is 0. The molecule has 0 saturated heterocycles. The van der Waals surface area contributed by atoms with Crippen LogP contribution in [0.25, 0.3) is 0 Å². The van der Waals surface area contributed by atoms with Gasteiger partial charge in [0.1, 0.15) is 40.4 Å². The lowest BCUT2D eigenvalue weighted by Gasteiger charge is -2.27. The van der Waals surface area contributed by atoms with Crippen molar-refractivity contribution in [1.29, 1.82) is 0 Å². The number of carbonyl (C=O) groups is 2. The van der Waals surface area contributed by atoms with Crippen LogP contribution in [0.5, 0.6) is 5.75 Å². The van der Waals surface area contributed by atoms with E-state index in [1.807, 2.05) is 0 Å². The first-order valence-electron chi connectivity index (χ1n) is 15.6. The van der Waals surface area contributed by atoms with Gasteiger partial charge in [0.15, 0.2) is 46.5 Å². The standard InChI is InChI=1S/C37H24F10N2O5S/c1-48(55(52)36-34(46)32(44)31(43)33(45)35(36)47)16-25(50)49(15-23-26(38)28(40)30(42)29(41)27(23)39)21-12-13-22(37(51)54-18-20-10-6-3-7-11-20)24(14-21)53-17-19-8-4-2-5-9-19/h2-14H,15-18H2,1H3. The van der Waals surface area contributed by atoms with Crippen LogP contribution in [0.2, 0.25) is 0 Å². The Balaban J connectivity index is 1.56. The smallest absolute Gasteiger partial charge is 0.342 e. The number of benzene rings is 5. The van der Waals surface area contributed by atoms with E-state index in [2.05, 4.69) is 0 Å². The van der Waals surface area contributed by atoms with E-state index >= 15 is 0 Å². The Bertz CT molecular complexity index is 2230. The number of nitrogens with zero attached hydrogens (tertiary/aromatic N) is 2. The molecule has 0 aliphatic carbocycles. The summed E-state index contributed by atoms with van der Waals surface area (Å²) >= 11 is 0. The third-order valence-corrected chi connectivity index (χ3v) is 9.25. The topological polar surface area (TPSA) is 76.2 Å². The Morgan fingerprint density at radius 2 is 1.09 bits per heavy atom. The predicted octanol–water partition coefficient (Wildman–Crippen LogP) is 8.20. The molecule has 5 aromatic carbocycles. The molecule has 0 spiro atoms. The Morgan fingerprint density at radius 3 is 1.62 bits per heavy atom. The van der Waals surface area contributed by atoms with Gasteiger partial charge >= 0.3 is 5.97 Å². The molecule has 18 heteroatoms. The highest BCUT2D eigenvalue weighted by atomic mass is 32.2. The van der Waals surface area contributed by atoms with Gasteiger partial charge in [-0.3, -0.25) is 4.79 Å². The van der Waals surface area contributed by atoms with Crippen molar-refractivity contribution in [1.82, 2.24) is 4.31 Å². The molecule has 1 amide bonds. The normalized spacial score (nSPS) is 11.8. The number of hydrogen-bond acceptors (Lipinski definition) is 5. The SMILES string of the molecule is CN(CC(=O)N(Cc1c(F)c(F)c(F)c(F)c1F)c1ccc(C(=O)OCc2ccccc2)c(OCc2ccccc2)c1)S(=O)c1c(F)c(F)c(F)c(F)c1F. The summed E-state index contributed by atoms with van der Waals surface area (Å²) in [6.07, 6.45) is 0. The average Bonchev–Trinajstić information content (AvgIpc) is 3.19. The van der Waals surface area contributed by atoms with Crippen molar-refractivity contribution in [2.75, 3.05) is 18.5 Å². The largest absolute Gasteiger partial charge is 0.488 e. The van der Waals surface area contributed by atoms with Crippen molar-refractivity contribution in [3.8, 4) is 5.75 Å². The van der Waals surface area contributed by atoms with Crippen LogP contribution in [-0.2, 0) is 40.3 Å². The maximum atomic E-state index is 14.9. The van der Waals surface area contributed by atoms with Crippen LogP contribution >= 0.6 is 0 Å². The molecule has 0 aromatic heterocycles.